The van der Waals surface area contributed by atoms with E-state index in [0.717, 1.165) is 0 Å². The molecule has 1 amide bonds. The minimum Gasteiger partial charge on any atom is -0.481 e. The third-order valence-corrected chi connectivity index (χ3v) is 3.96. The number of carboxylic acid groups (broad SMARTS) is 1. The predicted molar refractivity (Wildman–Crippen MR) is 78.0 cm³/mol. The molecule has 1 aromatic carbocycles. The molecule has 1 saturated heterocycles. The van der Waals surface area contributed by atoms with Crippen LogP contribution in [-0.2, 0) is 4.79 Å². The second kappa shape index (κ2) is 5.71. The van der Waals surface area contributed by atoms with Crippen molar-refractivity contribution in [3.05, 3.63) is 41.8 Å². The molecule has 1 N–H and O–H groups in total. The zero-order chi connectivity index (χ0) is 15.7. The van der Waals surface area contributed by atoms with Crippen LogP contribution in [0.15, 0.2) is 30.5 Å². The molecule has 0 spiro atoms. The van der Waals surface area contributed by atoms with Crippen molar-refractivity contribution < 1.29 is 19.1 Å². The number of halogens is 1. The zero-order valence-corrected chi connectivity index (χ0v) is 11.8. The molecule has 1 aromatic heterocycles. The van der Waals surface area contributed by atoms with E-state index in [1.165, 1.54) is 17.0 Å². The first-order valence-electron chi connectivity index (χ1n) is 7.12. The number of piperidine rings is 1. The molecule has 0 unspecified atom stereocenters. The van der Waals surface area contributed by atoms with E-state index in [9.17, 15) is 14.0 Å². The van der Waals surface area contributed by atoms with Gasteiger partial charge in [-0.05, 0) is 31.0 Å². The molecular formula is C16H15FN2O3. The standard InChI is InChI=1S/C16H15FN2O3/c17-12-7-10-3-1-5-18-14(10)13(8-12)15(20)19-6-2-4-11(9-19)16(21)22/h1,3,5,7-8,11H,2,4,6,9H2,(H,21,22)/t11-/m1/s1. The molecule has 0 bridgehead atoms. The molecule has 1 atom stereocenters. The lowest BCUT2D eigenvalue weighted by Gasteiger charge is -2.30. The maximum Gasteiger partial charge on any atom is 0.308 e. The van der Waals surface area contributed by atoms with E-state index in [2.05, 4.69) is 4.98 Å². The first-order valence-corrected chi connectivity index (χ1v) is 7.12. The monoisotopic (exact) mass is 302 g/mol. The molecule has 0 saturated carbocycles. The second-order valence-corrected chi connectivity index (χ2v) is 5.46. The molecular weight excluding hydrogens is 287 g/mol. The number of hydrogen-bond donors (Lipinski definition) is 1. The summed E-state index contributed by atoms with van der Waals surface area (Å²) < 4.78 is 13.7. The highest BCUT2D eigenvalue weighted by molar-refractivity contribution is 6.05. The summed E-state index contributed by atoms with van der Waals surface area (Å²) in [5, 5.41) is 9.67. The predicted octanol–water partition coefficient (Wildman–Crippen LogP) is 2.31. The Bertz CT molecular complexity index is 747. The van der Waals surface area contributed by atoms with Gasteiger partial charge < -0.3 is 10.0 Å². The summed E-state index contributed by atoms with van der Waals surface area (Å²) in [6.07, 6.45) is 2.73. The largest absolute Gasteiger partial charge is 0.481 e. The van der Waals surface area contributed by atoms with Crippen LogP contribution in [0, 0.1) is 11.7 Å². The average molecular weight is 302 g/mol. The lowest BCUT2D eigenvalue weighted by Crippen LogP contribution is -2.42. The molecule has 2 heterocycles. The molecule has 0 radical (unpaired) electrons. The van der Waals surface area contributed by atoms with Gasteiger partial charge >= 0.3 is 5.97 Å². The molecule has 2 aromatic rings. The molecule has 6 heteroatoms. The van der Waals surface area contributed by atoms with Crippen LogP contribution in [0.3, 0.4) is 0 Å². The van der Waals surface area contributed by atoms with E-state index in [4.69, 9.17) is 5.11 Å². The van der Waals surface area contributed by atoms with E-state index in [0.29, 0.717) is 30.3 Å². The normalized spacial score (nSPS) is 18.4. The summed E-state index contributed by atoms with van der Waals surface area (Å²) in [5.41, 5.74) is 0.619. The van der Waals surface area contributed by atoms with Crippen molar-refractivity contribution in [1.29, 1.82) is 0 Å². The highest BCUT2D eigenvalue weighted by Crippen LogP contribution is 2.23. The fraction of sp³-hybridized carbons (Fsp3) is 0.312. The summed E-state index contributed by atoms with van der Waals surface area (Å²) >= 11 is 0. The van der Waals surface area contributed by atoms with Gasteiger partial charge in [-0.3, -0.25) is 14.6 Å². The van der Waals surface area contributed by atoms with Crippen LogP contribution in [0.1, 0.15) is 23.2 Å². The van der Waals surface area contributed by atoms with E-state index >= 15 is 0 Å². The minimum atomic E-state index is -0.903. The third kappa shape index (κ3) is 2.64. The molecule has 5 nitrogen and oxygen atoms in total. The highest BCUT2D eigenvalue weighted by atomic mass is 19.1. The van der Waals surface area contributed by atoms with E-state index in [1.807, 2.05) is 0 Å². The Morgan fingerprint density at radius 3 is 2.95 bits per heavy atom. The van der Waals surface area contributed by atoms with Crippen molar-refractivity contribution in [2.75, 3.05) is 13.1 Å². The first kappa shape index (κ1) is 14.4. The van der Waals surface area contributed by atoms with Crippen LogP contribution < -0.4 is 0 Å². The van der Waals surface area contributed by atoms with Gasteiger partial charge in [-0.2, -0.15) is 0 Å². The molecule has 0 aliphatic carbocycles. The number of benzene rings is 1. The Hall–Kier alpha value is -2.50. The van der Waals surface area contributed by atoms with Gasteiger partial charge in [0.2, 0.25) is 0 Å². The number of hydrogen-bond acceptors (Lipinski definition) is 3. The number of rotatable bonds is 2. The molecule has 1 fully saturated rings. The quantitative estimate of drug-likeness (QED) is 0.924. The molecule has 3 rings (SSSR count). The van der Waals surface area contributed by atoms with Crippen LogP contribution in [0.2, 0.25) is 0 Å². The third-order valence-electron chi connectivity index (χ3n) is 3.96. The van der Waals surface area contributed by atoms with Crippen LogP contribution in [0.5, 0.6) is 0 Å². The molecule has 22 heavy (non-hydrogen) atoms. The fourth-order valence-electron chi connectivity index (χ4n) is 2.85. The number of amides is 1. The van der Waals surface area contributed by atoms with Crippen molar-refractivity contribution in [2.24, 2.45) is 5.92 Å². The molecule has 1 aliphatic heterocycles. The second-order valence-electron chi connectivity index (χ2n) is 5.46. The Balaban J connectivity index is 1.97. The lowest BCUT2D eigenvalue weighted by atomic mass is 9.97. The van der Waals surface area contributed by atoms with Crippen LogP contribution in [0.4, 0.5) is 4.39 Å². The maximum atomic E-state index is 13.7. The highest BCUT2D eigenvalue weighted by Gasteiger charge is 2.29. The van der Waals surface area contributed by atoms with Crippen LogP contribution in [0.25, 0.3) is 10.9 Å². The smallest absolute Gasteiger partial charge is 0.308 e. The van der Waals surface area contributed by atoms with Gasteiger partial charge in [0.25, 0.3) is 5.91 Å². The van der Waals surface area contributed by atoms with Crippen LogP contribution in [-0.4, -0.2) is 40.0 Å². The molecule has 114 valence electrons. The number of aromatic nitrogens is 1. The maximum absolute atomic E-state index is 13.7. The lowest BCUT2D eigenvalue weighted by molar-refractivity contribution is -0.143. The van der Waals surface area contributed by atoms with Gasteiger partial charge in [0.05, 0.1) is 17.0 Å². The van der Waals surface area contributed by atoms with Gasteiger partial charge in [-0.15, -0.1) is 0 Å². The zero-order valence-electron chi connectivity index (χ0n) is 11.8. The van der Waals surface area contributed by atoms with E-state index in [-0.39, 0.29) is 18.0 Å². The first-order chi connectivity index (χ1) is 10.6. The summed E-state index contributed by atoms with van der Waals surface area (Å²) in [6, 6.07) is 5.87. The number of likely N-dealkylation sites (tertiary alicyclic amines) is 1. The number of pyridine rings is 1. The van der Waals surface area contributed by atoms with Gasteiger partial charge in [-0.25, -0.2) is 4.39 Å². The topological polar surface area (TPSA) is 70.5 Å². The summed E-state index contributed by atoms with van der Waals surface area (Å²) in [4.78, 5) is 29.4. The van der Waals surface area contributed by atoms with E-state index in [1.54, 1.807) is 18.3 Å². The minimum absolute atomic E-state index is 0.152. The Kier molecular flexibility index (Phi) is 3.75. The molecule has 1 aliphatic rings. The number of carbonyl (C=O) groups excluding carboxylic acids is 1. The van der Waals surface area contributed by atoms with Crippen LogP contribution >= 0.6 is 0 Å². The summed E-state index contributed by atoms with van der Waals surface area (Å²) in [6.45, 7) is 0.631. The van der Waals surface area contributed by atoms with Gasteiger partial charge in [0, 0.05) is 24.7 Å². The van der Waals surface area contributed by atoms with Crippen molar-refractivity contribution >= 4 is 22.8 Å². The van der Waals surface area contributed by atoms with Gasteiger partial charge in [0.15, 0.2) is 0 Å². The van der Waals surface area contributed by atoms with Gasteiger partial charge in [0.1, 0.15) is 5.82 Å². The average Bonchev–Trinajstić information content (AvgIpc) is 2.53. The number of carboxylic acids is 1. The van der Waals surface area contributed by atoms with Crippen molar-refractivity contribution in [3.8, 4) is 0 Å². The fourth-order valence-corrected chi connectivity index (χ4v) is 2.85. The number of aliphatic carboxylic acids is 1. The van der Waals surface area contributed by atoms with Gasteiger partial charge in [-0.1, -0.05) is 6.07 Å². The van der Waals surface area contributed by atoms with E-state index < -0.39 is 17.7 Å². The Morgan fingerprint density at radius 2 is 2.18 bits per heavy atom. The summed E-state index contributed by atoms with van der Waals surface area (Å²) in [5.74, 6) is -2.34. The Labute approximate surface area is 126 Å². The SMILES string of the molecule is O=C(O)[C@@H]1CCCN(C(=O)c2cc(F)cc3cccnc23)C1. The Morgan fingerprint density at radius 1 is 1.36 bits per heavy atom. The number of fused-ring (bicyclic) bond motifs is 1. The number of carbonyl (C=O) groups is 2. The number of nitrogens with zero attached hydrogens (tertiary/aromatic N) is 2. The summed E-state index contributed by atoms with van der Waals surface area (Å²) in [7, 11) is 0. The van der Waals surface area contributed by atoms with Crippen molar-refractivity contribution in [2.45, 2.75) is 12.8 Å². The van der Waals surface area contributed by atoms with Crippen molar-refractivity contribution in [1.82, 2.24) is 9.88 Å². The van der Waals surface area contributed by atoms with Crippen molar-refractivity contribution in [3.63, 3.8) is 0 Å².